The summed E-state index contributed by atoms with van der Waals surface area (Å²) < 4.78 is 0. The first-order valence-electron chi connectivity index (χ1n) is 6.60. The summed E-state index contributed by atoms with van der Waals surface area (Å²) in [5, 5.41) is 2.83. The van der Waals surface area contributed by atoms with Crippen LogP contribution in [0.3, 0.4) is 0 Å². The average molecular weight is 279 g/mol. The smallest absolute Gasteiger partial charge is 0.240 e. The van der Waals surface area contributed by atoms with Gasteiger partial charge in [-0.25, -0.2) is 0 Å². The van der Waals surface area contributed by atoms with E-state index in [0.29, 0.717) is 0 Å². The highest BCUT2D eigenvalue weighted by atomic mass is 32.2. The monoisotopic (exact) mass is 279 g/mol. The van der Waals surface area contributed by atoms with Crippen molar-refractivity contribution in [1.82, 2.24) is 4.90 Å². The van der Waals surface area contributed by atoms with Crippen molar-refractivity contribution < 1.29 is 4.79 Å². The van der Waals surface area contributed by atoms with Gasteiger partial charge in [0.15, 0.2) is 0 Å². The molecular formula is C14H21N3OS. The van der Waals surface area contributed by atoms with E-state index in [1.54, 1.807) is 6.92 Å². The minimum absolute atomic E-state index is 0.147. The Balaban J connectivity index is 1.96. The van der Waals surface area contributed by atoms with Gasteiger partial charge in [0.2, 0.25) is 5.91 Å². The molecule has 1 aliphatic rings. The highest BCUT2D eigenvalue weighted by molar-refractivity contribution is 7.99. The Morgan fingerprint density at radius 2 is 2.21 bits per heavy atom. The molecular weight excluding hydrogens is 258 g/mol. The fourth-order valence-corrected chi connectivity index (χ4v) is 3.00. The fraction of sp³-hybridized carbons (Fsp3) is 0.500. The van der Waals surface area contributed by atoms with E-state index >= 15 is 0 Å². The lowest BCUT2D eigenvalue weighted by molar-refractivity contribution is -0.117. The zero-order valence-electron chi connectivity index (χ0n) is 11.3. The quantitative estimate of drug-likeness (QED) is 0.877. The summed E-state index contributed by atoms with van der Waals surface area (Å²) in [7, 11) is 0. The Morgan fingerprint density at radius 3 is 2.89 bits per heavy atom. The Labute approximate surface area is 118 Å². The van der Waals surface area contributed by atoms with Crippen molar-refractivity contribution in [1.29, 1.82) is 0 Å². The second-order valence-electron chi connectivity index (χ2n) is 4.87. The van der Waals surface area contributed by atoms with Crippen LogP contribution in [0.2, 0.25) is 0 Å². The van der Waals surface area contributed by atoms with Gasteiger partial charge >= 0.3 is 0 Å². The molecule has 1 fully saturated rings. The molecule has 1 saturated heterocycles. The van der Waals surface area contributed by atoms with Crippen LogP contribution < -0.4 is 11.1 Å². The Kier molecular flexibility index (Phi) is 5.24. The van der Waals surface area contributed by atoms with Crippen LogP contribution in [0.25, 0.3) is 0 Å². The number of carbonyl (C=O) groups is 1. The third-order valence-electron chi connectivity index (χ3n) is 3.12. The molecule has 1 aromatic rings. The van der Waals surface area contributed by atoms with E-state index in [1.807, 2.05) is 30.0 Å². The fourth-order valence-electron chi connectivity index (χ4n) is 2.02. The highest BCUT2D eigenvalue weighted by Crippen LogP contribution is 2.16. The van der Waals surface area contributed by atoms with Crippen molar-refractivity contribution in [2.24, 2.45) is 5.73 Å². The predicted molar refractivity (Wildman–Crippen MR) is 81.3 cm³/mol. The summed E-state index contributed by atoms with van der Waals surface area (Å²) in [6.45, 7) is 4.91. The SMILES string of the molecule is CC(N)C(=O)Nc1cccc(CN2CCSCC2)c1. The number of hydrogen-bond acceptors (Lipinski definition) is 4. The summed E-state index contributed by atoms with van der Waals surface area (Å²) >= 11 is 2.01. The van der Waals surface area contributed by atoms with Gasteiger partial charge in [-0.3, -0.25) is 9.69 Å². The van der Waals surface area contributed by atoms with Crippen LogP contribution in [0.4, 0.5) is 5.69 Å². The van der Waals surface area contributed by atoms with Gasteiger partial charge in [0.25, 0.3) is 0 Å². The molecule has 0 radical (unpaired) electrons. The van der Waals surface area contributed by atoms with Crippen molar-refractivity contribution in [2.45, 2.75) is 19.5 Å². The number of nitrogens with zero attached hydrogens (tertiary/aromatic N) is 1. The number of benzene rings is 1. The molecule has 0 aromatic heterocycles. The third kappa shape index (κ3) is 4.53. The lowest BCUT2D eigenvalue weighted by atomic mass is 10.2. The molecule has 0 bridgehead atoms. The van der Waals surface area contributed by atoms with E-state index < -0.39 is 6.04 Å². The number of nitrogens with two attached hydrogens (primary N) is 1. The lowest BCUT2D eigenvalue weighted by Crippen LogP contribution is -2.33. The van der Waals surface area contributed by atoms with Crippen LogP contribution in [0.5, 0.6) is 0 Å². The van der Waals surface area contributed by atoms with Crippen LogP contribution in [-0.2, 0) is 11.3 Å². The first kappa shape index (κ1) is 14.4. The van der Waals surface area contributed by atoms with Gasteiger partial charge in [0.1, 0.15) is 0 Å². The van der Waals surface area contributed by atoms with E-state index in [4.69, 9.17) is 5.73 Å². The average Bonchev–Trinajstić information content (AvgIpc) is 2.40. The maximum atomic E-state index is 11.6. The van der Waals surface area contributed by atoms with Crippen molar-refractivity contribution in [2.75, 3.05) is 29.9 Å². The van der Waals surface area contributed by atoms with Gasteiger partial charge < -0.3 is 11.1 Å². The molecule has 3 N–H and O–H groups in total. The molecule has 1 aromatic carbocycles. The van der Waals surface area contributed by atoms with Crippen molar-refractivity contribution in [3.63, 3.8) is 0 Å². The number of rotatable bonds is 4. The van der Waals surface area contributed by atoms with Gasteiger partial charge in [0.05, 0.1) is 6.04 Å². The molecule has 19 heavy (non-hydrogen) atoms. The number of carbonyl (C=O) groups excluding carboxylic acids is 1. The molecule has 4 nitrogen and oxygen atoms in total. The zero-order chi connectivity index (χ0) is 13.7. The predicted octanol–water partition coefficient (Wildman–Crippen LogP) is 1.52. The molecule has 5 heteroatoms. The van der Waals surface area contributed by atoms with Gasteiger partial charge in [-0.2, -0.15) is 11.8 Å². The Morgan fingerprint density at radius 1 is 1.47 bits per heavy atom. The lowest BCUT2D eigenvalue weighted by Gasteiger charge is -2.26. The molecule has 1 heterocycles. The molecule has 1 unspecified atom stereocenters. The van der Waals surface area contributed by atoms with E-state index in [0.717, 1.165) is 25.3 Å². The van der Waals surface area contributed by atoms with E-state index in [9.17, 15) is 4.79 Å². The molecule has 0 saturated carbocycles. The summed E-state index contributed by atoms with van der Waals surface area (Å²) in [6.07, 6.45) is 0. The van der Waals surface area contributed by atoms with Crippen LogP contribution in [0, 0.1) is 0 Å². The second-order valence-corrected chi connectivity index (χ2v) is 6.09. The molecule has 0 aliphatic carbocycles. The summed E-state index contributed by atoms with van der Waals surface area (Å²) in [5.41, 5.74) is 7.60. The Bertz CT molecular complexity index is 430. The van der Waals surface area contributed by atoms with Crippen LogP contribution >= 0.6 is 11.8 Å². The van der Waals surface area contributed by atoms with E-state index in [2.05, 4.69) is 16.3 Å². The first-order chi connectivity index (χ1) is 9.15. The van der Waals surface area contributed by atoms with Crippen LogP contribution in [-0.4, -0.2) is 41.4 Å². The molecule has 1 atom stereocenters. The summed E-state index contributed by atoms with van der Waals surface area (Å²) in [6, 6.07) is 7.52. The van der Waals surface area contributed by atoms with Crippen LogP contribution in [0.1, 0.15) is 12.5 Å². The topological polar surface area (TPSA) is 58.4 Å². The standard InChI is InChI=1S/C14H21N3OS/c1-11(15)14(18)16-13-4-2-3-12(9-13)10-17-5-7-19-8-6-17/h2-4,9,11H,5-8,10,15H2,1H3,(H,16,18). The van der Waals surface area contributed by atoms with Crippen LogP contribution in [0.15, 0.2) is 24.3 Å². The van der Waals surface area contributed by atoms with Gasteiger partial charge in [-0.1, -0.05) is 12.1 Å². The summed E-state index contributed by atoms with van der Waals surface area (Å²) in [4.78, 5) is 14.0. The Hall–Kier alpha value is -1.04. The highest BCUT2D eigenvalue weighted by Gasteiger charge is 2.11. The van der Waals surface area contributed by atoms with Crippen molar-refractivity contribution in [3.8, 4) is 0 Å². The third-order valence-corrected chi connectivity index (χ3v) is 4.06. The second kappa shape index (κ2) is 6.93. The molecule has 0 spiro atoms. The van der Waals surface area contributed by atoms with E-state index in [1.165, 1.54) is 17.1 Å². The molecule has 1 aliphatic heterocycles. The number of amides is 1. The molecule has 2 rings (SSSR count). The number of anilines is 1. The summed E-state index contributed by atoms with van der Waals surface area (Å²) in [5.74, 6) is 2.27. The first-order valence-corrected chi connectivity index (χ1v) is 7.76. The number of thioether (sulfide) groups is 1. The van der Waals surface area contributed by atoms with Gasteiger partial charge in [0, 0.05) is 36.8 Å². The molecule has 1 amide bonds. The number of nitrogens with one attached hydrogen (secondary N) is 1. The van der Waals surface area contributed by atoms with E-state index in [-0.39, 0.29) is 5.91 Å². The largest absolute Gasteiger partial charge is 0.325 e. The van der Waals surface area contributed by atoms with Gasteiger partial charge in [-0.15, -0.1) is 0 Å². The normalized spacial score (nSPS) is 18.0. The zero-order valence-corrected chi connectivity index (χ0v) is 12.1. The maximum Gasteiger partial charge on any atom is 0.240 e. The minimum atomic E-state index is -0.484. The van der Waals surface area contributed by atoms with Crippen molar-refractivity contribution >= 4 is 23.4 Å². The van der Waals surface area contributed by atoms with Crippen molar-refractivity contribution in [3.05, 3.63) is 29.8 Å². The number of hydrogen-bond donors (Lipinski definition) is 2. The molecule has 104 valence electrons. The maximum absolute atomic E-state index is 11.6. The van der Waals surface area contributed by atoms with Gasteiger partial charge in [-0.05, 0) is 24.6 Å². The minimum Gasteiger partial charge on any atom is -0.325 e.